The molecule has 1 aromatic carbocycles. The molecule has 2 N–H and O–H groups in total. The highest BCUT2D eigenvalue weighted by Gasteiger charge is 2.30. The molecular weight excluding hydrogens is 518 g/mol. The molecule has 1 saturated heterocycles. The summed E-state index contributed by atoms with van der Waals surface area (Å²) in [6, 6.07) is 3.58. The fraction of sp³-hybridized carbons (Fsp3) is 0.679. The van der Waals surface area contributed by atoms with Crippen LogP contribution in [0.15, 0.2) is 34.1 Å². The number of anilines is 3. The highest BCUT2D eigenvalue weighted by molar-refractivity contribution is 7.89. The average molecular weight is 562 g/mol. The monoisotopic (exact) mass is 561 g/mol. The van der Waals surface area contributed by atoms with Crippen LogP contribution in [0.5, 0.6) is 0 Å². The lowest BCUT2D eigenvalue weighted by Crippen LogP contribution is -2.47. The van der Waals surface area contributed by atoms with Crippen LogP contribution in [0.4, 0.5) is 17.1 Å². The lowest BCUT2D eigenvalue weighted by atomic mass is 10.1. The zero-order valence-electron chi connectivity index (χ0n) is 22.9. The second kappa shape index (κ2) is 14.9. The summed E-state index contributed by atoms with van der Waals surface area (Å²) in [5.41, 5.74) is 0.274. The van der Waals surface area contributed by atoms with E-state index in [9.17, 15) is 18.0 Å². The van der Waals surface area contributed by atoms with Gasteiger partial charge in [-0.25, -0.2) is 8.42 Å². The zero-order valence-corrected chi connectivity index (χ0v) is 23.7. The van der Waals surface area contributed by atoms with Crippen LogP contribution in [0.2, 0.25) is 0 Å². The van der Waals surface area contributed by atoms with Gasteiger partial charge in [0.25, 0.3) is 10.9 Å². The molecule has 0 bridgehead atoms. The van der Waals surface area contributed by atoms with Crippen LogP contribution in [0, 0.1) is 0 Å². The minimum atomic E-state index is -3.33. The van der Waals surface area contributed by atoms with E-state index in [0.29, 0.717) is 30.9 Å². The van der Waals surface area contributed by atoms with Crippen LogP contribution < -0.4 is 21.5 Å². The maximum Gasteiger partial charge on any atom is 0.253 e. The molecule has 0 atom stereocenters. The highest BCUT2D eigenvalue weighted by Crippen LogP contribution is 2.25. The van der Waals surface area contributed by atoms with Crippen LogP contribution in [-0.2, 0) is 14.8 Å². The second-order valence-electron chi connectivity index (χ2n) is 10.6. The van der Waals surface area contributed by atoms with Crippen LogP contribution in [0.25, 0.3) is 0 Å². The SMILES string of the molecule is O=c1c(NCCCCCCS(=O)(=O)N(CCN2CCOCC2)C2CCCCCC2)c(Nc2ccncc2)c1=O. The van der Waals surface area contributed by atoms with Crippen LogP contribution >= 0.6 is 0 Å². The van der Waals surface area contributed by atoms with Gasteiger partial charge in [-0.05, 0) is 37.8 Å². The van der Waals surface area contributed by atoms with Crippen LogP contribution in [0.1, 0.15) is 64.2 Å². The molecule has 2 aromatic rings. The van der Waals surface area contributed by atoms with E-state index in [1.807, 2.05) is 4.31 Å². The van der Waals surface area contributed by atoms with E-state index >= 15 is 0 Å². The van der Waals surface area contributed by atoms with E-state index in [1.165, 1.54) is 12.8 Å². The first-order chi connectivity index (χ1) is 19.0. The van der Waals surface area contributed by atoms with Gasteiger partial charge in [0.15, 0.2) is 0 Å². The third-order valence-electron chi connectivity index (χ3n) is 7.82. The average Bonchev–Trinajstić information content (AvgIpc) is 3.24. The Hall–Kier alpha value is -2.34. The maximum absolute atomic E-state index is 13.5. The van der Waals surface area contributed by atoms with Crippen molar-refractivity contribution in [3.63, 3.8) is 0 Å². The van der Waals surface area contributed by atoms with E-state index < -0.39 is 20.9 Å². The summed E-state index contributed by atoms with van der Waals surface area (Å²) in [5.74, 6) is 0.179. The number of hydrogen-bond acceptors (Lipinski definition) is 9. The van der Waals surface area contributed by atoms with E-state index in [-0.39, 0.29) is 17.5 Å². The van der Waals surface area contributed by atoms with Crippen LogP contribution in [0.3, 0.4) is 0 Å². The summed E-state index contributed by atoms with van der Waals surface area (Å²) in [5, 5.41) is 6.07. The van der Waals surface area contributed by atoms with Crippen molar-refractivity contribution in [3.8, 4) is 0 Å². The van der Waals surface area contributed by atoms with Gasteiger partial charge in [-0.2, -0.15) is 4.31 Å². The number of rotatable bonds is 15. The van der Waals surface area contributed by atoms with E-state index in [1.54, 1.807) is 24.5 Å². The number of pyridine rings is 1. The van der Waals surface area contributed by atoms with Crippen molar-refractivity contribution < 1.29 is 13.2 Å². The van der Waals surface area contributed by atoms with Gasteiger partial charge in [0.2, 0.25) is 10.0 Å². The van der Waals surface area contributed by atoms with Gasteiger partial charge in [0, 0.05) is 56.8 Å². The van der Waals surface area contributed by atoms with Gasteiger partial charge < -0.3 is 15.4 Å². The third kappa shape index (κ3) is 8.57. The first kappa shape index (κ1) is 29.6. The summed E-state index contributed by atoms with van der Waals surface area (Å²) in [7, 11) is -3.33. The smallest absolute Gasteiger partial charge is 0.253 e. The number of ether oxygens (including phenoxy) is 1. The number of aromatic nitrogens is 1. The van der Waals surface area contributed by atoms with Crippen molar-refractivity contribution in [1.29, 1.82) is 0 Å². The zero-order chi connectivity index (χ0) is 27.5. The van der Waals surface area contributed by atoms with Crippen molar-refractivity contribution in [2.75, 3.05) is 62.3 Å². The van der Waals surface area contributed by atoms with E-state index in [0.717, 1.165) is 77.8 Å². The van der Waals surface area contributed by atoms with Crippen molar-refractivity contribution in [3.05, 3.63) is 45.0 Å². The molecule has 0 spiro atoms. The molecule has 2 fully saturated rings. The first-order valence-electron chi connectivity index (χ1n) is 14.5. The molecule has 4 rings (SSSR count). The molecule has 2 heterocycles. The van der Waals surface area contributed by atoms with Gasteiger partial charge in [-0.1, -0.05) is 38.5 Å². The minimum absolute atomic E-state index is 0.119. The Morgan fingerprint density at radius 2 is 1.59 bits per heavy atom. The Balaban J connectivity index is 1.20. The Kier molecular flexibility index (Phi) is 11.3. The van der Waals surface area contributed by atoms with Gasteiger partial charge in [-0.15, -0.1) is 0 Å². The molecule has 216 valence electrons. The first-order valence-corrected chi connectivity index (χ1v) is 16.1. The molecule has 1 aromatic heterocycles. The molecule has 1 saturated carbocycles. The van der Waals surface area contributed by atoms with E-state index in [2.05, 4.69) is 20.5 Å². The minimum Gasteiger partial charge on any atom is -0.380 e. The van der Waals surface area contributed by atoms with Crippen molar-refractivity contribution in [2.45, 2.75) is 70.3 Å². The van der Waals surface area contributed by atoms with Gasteiger partial charge in [-0.3, -0.25) is 19.5 Å². The molecule has 10 nitrogen and oxygen atoms in total. The van der Waals surface area contributed by atoms with E-state index in [4.69, 9.17) is 4.74 Å². The molecule has 39 heavy (non-hydrogen) atoms. The molecule has 2 aliphatic rings. The maximum atomic E-state index is 13.5. The Morgan fingerprint density at radius 1 is 0.923 bits per heavy atom. The predicted molar refractivity (Wildman–Crippen MR) is 155 cm³/mol. The summed E-state index contributed by atoms with van der Waals surface area (Å²) in [6.07, 6.45) is 12.8. The van der Waals surface area contributed by atoms with Gasteiger partial charge in [0.05, 0.1) is 19.0 Å². The number of nitrogens with zero attached hydrogens (tertiary/aromatic N) is 3. The largest absolute Gasteiger partial charge is 0.380 e. The quantitative estimate of drug-likeness (QED) is 0.192. The molecule has 1 aliphatic heterocycles. The Bertz CT molecular complexity index is 1190. The van der Waals surface area contributed by atoms with Crippen molar-refractivity contribution >= 4 is 27.1 Å². The van der Waals surface area contributed by atoms with Gasteiger partial charge >= 0.3 is 0 Å². The molecule has 11 heteroatoms. The Labute approximate surface area is 231 Å². The normalized spacial score (nSPS) is 17.9. The molecule has 0 radical (unpaired) electrons. The van der Waals surface area contributed by atoms with Crippen molar-refractivity contribution in [2.24, 2.45) is 0 Å². The second-order valence-corrected chi connectivity index (χ2v) is 12.7. The lowest BCUT2D eigenvalue weighted by molar-refractivity contribution is 0.0351. The number of sulfonamides is 1. The van der Waals surface area contributed by atoms with Gasteiger partial charge in [0.1, 0.15) is 11.4 Å². The summed E-state index contributed by atoms with van der Waals surface area (Å²) < 4.78 is 34.2. The fourth-order valence-electron chi connectivity index (χ4n) is 5.51. The Morgan fingerprint density at radius 3 is 2.31 bits per heavy atom. The topological polar surface area (TPSA) is 121 Å². The molecule has 1 aliphatic carbocycles. The summed E-state index contributed by atoms with van der Waals surface area (Å²) >= 11 is 0. The molecule has 0 amide bonds. The number of nitrogens with one attached hydrogen (secondary N) is 2. The lowest BCUT2D eigenvalue weighted by Gasteiger charge is -2.33. The standard InChI is InChI=1S/C28H43N5O5S/c34-27-25(26(28(27)35)31-23-11-14-29-15-12-23)30-13-7-3-4-8-22-39(36,37)33(24-9-5-1-2-6-10-24)17-16-32-18-20-38-21-19-32/h11-12,14-15,24,30H,1-10,13,16-22H2,(H,29,31). The van der Waals surface area contributed by atoms with Crippen LogP contribution in [-0.4, -0.2) is 80.3 Å². The molecule has 0 unspecified atom stereocenters. The number of hydrogen-bond donors (Lipinski definition) is 2. The number of morpholine rings is 1. The summed E-state index contributed by atoms with van der Waals surface area (Å²) in [4.78, 5) is 30.2. The number of unbranched alkanes of at least 4 members (excludes halogenated alkanes) is 3. The summed E-state index contributed by atoms with van der Waals surface area (Å²) in [6.45, 7) is 5.05. The predicted octanol–water partition coefficient (Wildman–Crippen LogP) is 3.08. The van der Waals surface area contributed by atoms with Crippen molar-refractivity contribution in [1.82, 2.24) is 14.2 Å². The fourth-order valence-corrected chi connectivity index (χ4v) is 7.34. The highest BCUT2D eigenvalue weighted by atomic mass is 32.2. The third-order valence-corrected chi connectivity index (χ3v) is 9.82. The molecular formula is C28H43N5O5S.